The third-order valence-corrected chi connectivity index (χ3v) is 2.66. The van der Waals surface area contributed by atoms with Crippen LogP contribution in [0.1, 0.15) is 26.2 Å². The number of hydrogen-bond donors (Lipinski definition) is 0. The van der Waals surface area contributed by atoms with Gasteiger partial charge in [-0.25, -0.2) is 0 Å². The summed E-state index contributed by atoms with van der Waals surface area (Å²) in [6.07, 6.45) is 6.63. The van der Waals surface area contributed by atoms with E-state index in [-0.39, 0.29) is 0 Å². The van der Waals surface area contributed by atoms with E-state index in [4.69, 9.17) is 11.6 Å². The van der Waals surface area contributed by atoms with Crippen LogP contribution in [0.4, 0.5) is 0 Å². The zero-order valence-corrected chi connectivity index (χ0v) is 7.97. The van der Waals surface area contributed by atoms with Crippen LogP contribution in [0.25, 0.3) is 0 Å². The van der Waals surface area contributed by atoms with E-state index in [1.54, 1.807) is 6.26 Å². The van der Waals surface area contributed by atoms with E-state index < -0.39 is 10.8 Å². The maximum absolute atomic E-state index is 10.6. The fourth-order valence-electron chi connectivity index (χ4n) is 0.537. The van der Waals surface area contributed by atoms with Gasteiger partial charge in [0, 0.05) is 6.26 Å². The molecule has 0 aliphatic rings. The Labute approximate surface area is 69.9 Å². The number of halogens is 1. The highest BCUT2D eigenvalue weighted by Gasteiger charge is 1.93. The lowest BCUT2D eigenvalue weighted by Crippen LogP contribution is -1.83. The Hall–Kier alpha value is 0.180. The van der Waals surface area contributed by atoms with Crippen LogP contribution >= 0.6 is 11.6 Å². The molecule has 0 rings (SSSR count). The summed E-state index contributed by atoms with van der Waals surface area (Å²) < 4.78 is 11.1. The van der Waals surface area contributed by atoms with Crippen molar-refractivity contribution in [2.45, 2.75) is 26.2 Å². The molecular formula is C7H13ClOS. The minimum Gasteiger partial charge on any atom is -0.254 e. The van der Waals surface area contributed by atoms with Crippen LogP contribution in [0.15, 0.2) is 10.4 Å². The van der Waals surface area contributed by atoms with E-state index in [2.05, 4.69) is 6.92 Å². The first-order valence-corrected chi connectivity index (χ1v) is 5.31. The van der Waals surface area contributed by atoms with Crippen molar-refractivity contribution in [1.29, 1.82) is 0 Å². The van der Waals surface area contributed by atoms with E-state index in [0.717, 1.165) is 19.3 Å². The van der Waals surface area contributed by atoms with Gasteiger partial charge in [0.05, 0.1) is 10.8 Å². The van der Waals surface area contributed by atoms with Gasteiger partial charge in [0.15, 0.2) is 0 Å². The fraction of sp³-hybridized carbons (Fsp3) is 0.714. The molecule has 0 fully saturated rings. The standard InChI is InChI=1S/C7H13ClOS/c1-3-4-5-6-7(8)10(2)9/h6H,3-5H2,1-2H3. The molecule has 0 saturated carbocycles. The first-order valence-electron chi connectivity index (χ1n) is 3.37. The lowest BCUT2D eigenvalue weighted by atomic mass is 10.2. The predicted octanol–water partition coefficient (Wildman–Crippen LogP) is 2.64. The molecule has 1 unspecified atom stereocenters. The molecular weight excluding hydrogens is 168 g/mol. The van der Waals surface area contributed by atoms with Crippen LogP contribution in [-0.4, -0.2) is 10.5 Å². The molecule has 0 saturated heterocycles. The second-order valence-corrected chi connectivity index (χ2v) is 4.08. The molecule has 0 amide bonds. The highest BCUT2D eigenvalue weighted by atomic mass is 35.5. The van der Waals surface area contributed by atoms with E-state index in [9.17, 15) is 4.21 Å². The van der Waals surface area contributed by atoms with Crippen LogP contribution in [0.3, 0.4) is 0 Å². The van der Waals surface area contributed by atoms with E-state index >= 15 is 0 Å². The van der Waals surface area contributed by atoms with Gasteiger partial charge >= 0.3 is 0 Å². The molecule has 0 aromatic carbocycles. The Morgan fingerprint density at radius 2 is 2.30 bits per heavy atom. The second kappa shape index (κ2) is 5.93. The first kappa shape index (κ1) is 10.2. The number of allylic oxidation sites excluding steroid dienone is 1. The topological polar surface area (TPSA) is 17.1 Å². The van der Waals surface area contributed by atoms with Crippen molar-refractivity contribution < 1.29 is 4.21 Å². The first-order chi connectivity index (χ1) is 4.68. The Kier molecular flexibility index (Phi) is 6.03. The fourth-order valence-corrected chi connectivity index (χ4v) is 0.999. The minimum absolute atomic E-state index is 0.480. The lowest BCUT2D eigenvalue weighted by Gasteiger charge is -1.91. The largest absolute Gasteiger partial charge is 0.254 e. The summed E-state index contributed by atoms with van der Waals surface area (Å²) in [4.78, 5) is 0. The predicted molar refractivity (Wildman–Crippen MR) is 47.5 cm³/mol. The van der Waals surface area contributed by atoms with Gasteiger partial charge in [0.1, 0.15) is 4.36 Å². The summed E-state index contributed by atoms with van der Waals surface area (Å²) in [6.45, 7) is 2.12. The van der Waals surface area contributed by atoms with Gasteiger partial charge in [0.25, 0.3) is 0 Å². The molecule has 0 aromatic rings. The van der Waals surface area contributed by atoms with Gasteiger partial charge in [-0.1, -0.05) is 37.4 Å². The molecule has 0 aliphatic heterocycles. The van der Waals surface area contributed by atoms with Gasteiger partial charge in [-0.05, 0) is 6.42 Å². The van der Waals surface area contributed by atoms with Crippen molar-refractivity contribution in [2.24, 2.45) is 0 Å². The SMILES string of the molecule is CCCCC=C(Cl)S(C)=O. The molecule has 60 valence electrons. The third-order valence-electron chi connectivity index (χ3n) is 1.14. The molecule has 0 aromatic heterocycles. The van der Waals surface area contributed by atoms with Crippen molar-refractivity contribution in [3.05, 3.63) is 10.4 Å². The Morgan fingerprint density at radius 1 is 1.70 bits per heavy atom. The Bertz CT molecular complexity index is 143. The average Bonchev–Trinajstić information content (AvgIpc) is 1.88. The van der Waals surface area contributed by atoms with Crippen molar-refractivity contribution in [3.8, 4) is 0 Å². The maximum atomic E-state index is 10.6. The van der Waals surface area contributed by atoms with Gasteiger partial charge in [-0.3, -0.25) is 4.21 Å². The summed E-state index contributed by atoms with van der Waals surface area (Å²) in [7, 11) is -0.987. The number of hydrogen-bond acceptors (Lipinski definition) is 1. The normalized spacial score (nSPS) is 15.3. The highest BCUT2D eigenvalue weighted by Crippen LogP contribution is 2.08. The van der Waals surface area contributed by atoms with Gasteiger partial charge in [0.2, 0.25) is 0 Å². The lowest BCUT2D eigenvalue weighted by molar-refractivity contribution is 0.691. The van der Waals surface area contributed by atoms with Gasteiger partial charge in [-0.15, -0.1) is 0 Å². The summed E-state index contributed by atoms with van der Waals surface area (Å²) in [5.74, 6) is 0. The number of rotatable bonds is 4. The summed E-state index contributed by atoms with van der Waals surface area (Å²) in [6, 6.07) is 0. The Balaban J connectivity index is 3.58. The third kappa shape index (κ3) is 5.00. The molecule has 0 radical (unpaired) electrons. The summed E-state index contributed by atoms with van der Waals surface area (Å²) in [5, 5.41) is 0. The molecule has 0 spiro atoms. The van der Waals surface area contributed by atoms with E-state index in [1.807, 2.05) is 6.08 Å². The summed E-state index contributed by atoms with van der Waals surface area (Å²) in [5.41, 5.74) is 0. The molecule has 1 atom stereocenters. The molecule has 10 heavy (non-hydrogen) atoms. The average molecular weight is 181 g/mol. The molecule has 0 bridgehead atoms. The van der Waals surface area contributed by atoms with Crippen LogP contribution in [0, 0.1) is 0 Å². The van der Waals surface area contributed by atoms with Crippen molar-refractivity contribution in [3.63, 3.8) is 0 Å². The molecule has 1 nitrogen and oxygen atoms in total. The van der Waals surface area contributed by atoms with Crippen molar-refractivity contribution in [1.82, 2.24) is 0 Å². The minimum atomic E-state index is -0.987. The van der Waals surface area contributed by atoms with E-state index in [1.165, 1.54) is 0 Å². The molecule has 0 heterocycles. The van der Waals surface area contributed by atoms with Crippen molar-refractivity contribution >= 4 is 22.4 Å². The summed E-state index contributed by atoms with van der Waals surface area (Å²) >= 11 is 5.61. The van der Waals surface area contributed by atoms with E-state index in [0.29, 0.717) is 4.36 Å². The van der Waals surface area contributed by atoms with Gasteiger partial charge < -0.3 is 0 Å². The zero-order chi connectivity index (χ0) is 7.98. The maximum Gasteiger partial charge on any atom is 0.100 e. The molecule has 0 N–H and O–H groups in total. The second-order valence-electron chi connectivity index (χ2n) is 2.10. The van der Waals surface area contributed by atoms with Crippen LogP contribution in [0.5, 0.6) is 0 Å². The smallest absolute Gasteiger partial charge is 0.100 e. The number of unbranched alkanes of at least 4 members (excludes halogenated alkanes) is 2. The Morgan fingerprint density at radius 3 is 2.70 bits per heavy atom. The zero-order valence-electron chi connectivity index (χ0n) is 6.39. The quantitative estimate of drug-likeness (QED) is 0.608. The van der Waals surface area contributed by atoms with Crippen LogP contribution in [-0.2, 0) is 10.8 Å². The molecule has 3 heteroatoms. The molecule has 0 aliphatic carbocycles. The van der Waals surface area contributed by atoms with Crippen LogP contribution in [0.2, 0.25) is 0 Å². The highest BCUT2D eigenvalue weighted by molar-refractivity contribution is 7.90. The van der Waals surface area contributed by atoms with Gasteiger partial charge in [-0.2, -0.15) is 0 Å². The monoisotopic (exact) mass is 180 g/mol. The van der Waals surface area contributed by atoms with Crippen LogP contribution < -0.4 is 0 Å². The van der Waals surface area contributed by atoms with Crippen molar-refractivity contribution in [2.75, 3.05) is 6.26 Å².